The van der Waals surface area contributed by atoms with Crippen LogP contribution in [0.25, 0.3) is 6.08 Å². The van der Waals surface area contributed by atoms with E-state index in [-0.39, 0.29) is 11.6 Å². The van der Waals surface area contributed by atoms with Crippen LogP contribution < -0.4 is 0 Å². The molecule has 2 aromatic rings. The van der Waals surface area contributed by atoms with Gasteiger partial charge in [0.05, 0.1) is 0 Å². The Morgan fingerprint density at radius 3 is 1.88 bits per heavy atom. The first-order chi connectivity index (χ1) is 11.5. The number of hydrogen-bond donors (Lipinski definition) is 1. The van der Waals surface area contributed by atoms with Crippen LogP contribution in [-0.4, -0.2) is 17.2 Å². The van der Waals surface area contributed by atoms with Gasteiger partial charge in [0.1, 0.15) is 11.6 Å². The molecule has 0 aliphatic rings. The Bertz CT molecular complexity index is 765. The first kappa shape index (κ1) is 19.0. The Kier molecular flexibility index (Phi) is 4.94. The fourth-order valence-corrected chi connectivity index (χ4v) is 2.14. The van der Waals surface area contributed by atoms with Crippen molar-refractivity contribution in [3.05, 3.63) is 77.4 Å². The van der Waals surface area contributed by atoms with Crippen molar-refractivity contribution in [2.75, 3.05) is 0 Å². The number of alkyl halides is 5. The number of hydrogen-bond acceptors (Lipinski definition) is 1. The summed E-state index contributed by atoms with van der Waals surface area (Å²) >= 11 is 0. The Morgan fingerprint density at radius 2 is 1.36 bits per heavy atom. The highest BCUT2D eigenvalue weighted by molar-refractivity contribution is 5.52. The molecule has 0 saturated heterocycles. The minimum atomic E-state index is -6.14. The van der Waals surface area contributed by atoms with Crippen molar-refractivity contribution < 1.29 is 35.8 Å². The van der Waals surface area contributed by atoms with Gasteiger partial charge in [0.2, 0.25) is 0 Å². The van der Waals surface area contributed by atoms with Gasteiger partial charge < -0.3 is 5.11 Å². The van der Waals surface area contributed by atoms with Gasteiger partial charge in [-0.15, -0.1) is 0 Å². The molecule has 0 aromatic heterocycles. The lowest BCUT2D eigenvalue weighted by Gasteiger charge is -2.35. The molecule has 2 aromatic carbocycles. The number of halogens is 7. The summed E-state index contributed by atoms with van der Waals surface area (Å²) in [6.07, 6.45) is -5.27. The maximum absolute atomic E-state index is 14.0. The van der Waals surface area contributed by atoms with Gasteiger partial charge in [0.15, 0.2) is 5.60 Å². The van der Waals surface area contributed by atoms with E-state index in [2.05, 4.69) is 0 Å². The maximum atomic E-state index is 14.0. The van der Waals surface area contributed by atoms with Crippen molar-refractivity contribution in [2.45, 2.75) is 17.7 Å². The third-order valence-corrected chi connectivity index (χ3v) is 3.51. The normalized spacial score (nSPS) is 15.4. The molecule has 0 bridgehead atoms. The second-order valence-electron chi connectivity index (χ2n) is 5.20. The topological polar surface area (TPSA) is 20.2 Å². The SMILES string of the molecule is OC(/C=C/c1ccc(F)cc1)(c1ccccc1F)C(F)(F)C(F)(F)F. The monoisotopic (exact) mass is 364 g/mol. The maximum Gasteiger partial charge on any atom is 0.457 e. The Hall–Kier alpha value is -2.35. The van der Waals surface area contributed by atoms with Crippen molar-refractivity contribution in [2.24, 2.45) is 0 Å². The van der Waals surface area contributed by atoms with E-state index in [0.29, 0.717) is 12.1 Å². The average Bonchev–Trinajstić information content (AvgIpc) is 2.53. The molecular weight excluding hydrogens is 353 g/mol. The van der Waals surface area contributed by atoms with Gasteiger partial charge in [0, 0.05) is 5.56 Å². The van der Waals surface area contributed by atoms with Gasteiger partial charge >= 0.3 is 12.1 Å². The second kappa shape index (κ2) is 6.51. The zero-order valence-corrected chi connectivity index (χ0v) is 12.4. The summed E-state index contributed by atoms with van der Waals surface area (Å²) in [5, 5.41) is 10.2. The summed E-state index contributed by atoms with van der Waals surface area (Å²) in [5.74, 6) is -7.77. The van der Waals surface area contributed by atoms with Crippen LogP contribution in [0.15, 0.2) is 54.6 Å². The van der Waals surface area contributed by atoms with Crippen LogP contribution in [0.5, 0.6) is 0 Å². The van der Waals surface area contributed by atoms with Crippen molar-refractivity contribution in [1.82, 2.24) is 0 Å². The van der Waals surface area contributed by atoms with Gasteiger partial charge in [0.25, 0.3) is 0 Å². The Morgan fingerprint density at radius 1 is 0.800 bits per heavy atom. The fourth-order valence-electron chi connectivity index (χ4n) is 2.14. The first-order valence-corrected chi connectivity index (χ1v) is 6.86. The van der Waals surface area contributed by atoms with E-state index in [1.54, 1.807) is 0 Å². The molecule has 1 N–H and O–H groups in total. The Labute approximate surface area is 138 Å². The van der Waals surface area contributed by atoms with Crippen molar-refractivity contribution in [1.29, 1.82) is 0 Å². The third kappa shape index (κ3) is 3.53. The molecule has 134 valence electrons. The number of aliphatic hydroxyl groups is 1. The number of rotatable bonds is 4. The van der Waals surface area contributed by atoms with Crippen LogP contribution in [0.2, 0.25) is 0 Å². The molecule has 0 amide bonds. The molecule has 1 atom stereocenters. The van der Waals surface area contributed by atoms with Crippen LogP contribution in [0.3, 0.4) is 0 Å². The molecule has 0 radical (unpaired) electrons. The molecule has 2 rings (SSSR count). The molecule has 0 fully saturated rings. The molecule has 1 nitrogen and oxygen atoms in total. The van der Waals surface area contributed by atoms with Crippen LogP contribution in [0.4, 0.5) is 30.7 Å². The summed E-state index contributed by atoms with van der Waals surface area (Å²) in [6.45, 7) is 0. The highest BCUT2D eigenvalue weighted by atomic mass is 19.4. The quantitative estimate of drug-likeness (QED) is 0.752. The standard InChI is InChI=1S/C17H11F7O/c18-12-7-5-11(6-8-12)9-10-15(25,16(20,21)17(22,23)24)13-3-1-2-4-14(13)19/h1-10,25H/b10-9+. The van der Waals surface area contributed by atoms with E-state index in [1.807, 2.05) is 0 Å². The molecule has 0 saturated carbocycles. The number of benzene rings is 2. The molecule has 25 heavy (non-hydrogen) atoms. The van der Waals surface area contributed by atoms with Crippen LogP contribution >= 0.6 is 0 Å². The van der Waals surface area contributed by atoms with Gasteiger partial charge in [-0.1, -0.05) is 36.4 Å². The lowest BCUT2D eigenvalue weighted by Crippen LogP contribution is -2.54. The molecule has 0 heterocycles. The first-order valence-electron chi connectivity index (χ1n) is 6.86. The summed E-state index contributed by atoms with van der Waals surface area (Å²) in [4.78, 5) is 0. The summed E-state index contributed by atoms with van der Waals surface area (Å²) in [5.41, 5.74) is -5.20. The second-order valence-corrected chi connectivity index (χ2v) is 5.20. The summed E-state index contributed by atoms with van der Waals surface area (Å²) in [6, 6.07) is 7.46. The van der Waals surface area contributed by atoms with Gasteiger partial charge in [-0.05, 0) is 29.8 Å². The summed E-state index contributed by atoms with van der Waals surface area (Å²) < 4.78 is 93.0. The minimum absolute atomic E-state index is 0.0362. The molecule has 1 unspecified atom stereocenters. The van der Waals surface area contributed by atoms with Gasteiger partial charge in [-0.25, -0.2) is 8.78 Å². The lowest BCUT2D eigenvalue weighted by atomic mass is 9.85. The minimum Gasteiger partial charge on any atom is -0.374 e. The highest BCUT2D eigenvalue weighted by Gasteiger charge is 2.70. The molecule has 0 aliphatic heterocycles. The molecule has 0 spiro atoms. The van der Waals surface area contributed by atoms with E-state index in [0.717, 1.165) is 42.5 Å². The summed E-state index contributed by atoms with van der Waals surface area (Å²) in [7, 11) is 0. The third-order valence-electron chi connectivity index (χ3n) is 3.51. The predicted molar refractivity (Wildman–Crippen MR) is 76.7 cm³/mol. The zero-order valence-electron chi connectivity index (χ0n) is 12.4. The highest BCUT2D eigenvalue weighted by Crippen LogP contribution is 2.49. The van der Waals surface area contributed by atoms with Gasteiger partial charge in [-0.2, -0.15) is 22.0 Å². The average molecular weight is 364 g/mol. The largest absolute Gasteiger partial charge is 0.457 e. The van der Waals surface area contributed by atoms with E-state index >= 15 is 0 Å². The molecular formula is C17H11F7O. The van der Waals surface area contributed by atoms with Crippen molar-refractivity contribution in [3.8, 4) is 0 Å². The van der Waals surface area contributed by atoms with Crippen LogP contribution in [0, 0.1) is 11.6 Å². The van der Waals surface area contributed by atoms with E-state index < -0.39 is 34.9 Å². The predicted octanol–water partition coefficient (Wildman–Crippen LogP) is 5.06. The Balaban J connectivity index is 2.61. The van der Waals surface area contributed by atoms with E-state index in [9.17, 15) is 35.8 Å². The smallest absolute Gasteiger partial charge is 0.374 e. The lowest BCUT2D eigenvalue weighted by molar-refractivity contribution is -0.335. The molecule has 8 heteroatoms. The zero-order chi connectivity index (χ0) is 18.9. The van der Waals surface area contributed by atoms with E-state index in [1.165, 1.54) is 0 Å². The fraction of sp³-hybridized carbons (Fsp3) is 0.176. The van der Waals surface area contributed by atoms with Gasteiger partial charge in [-0.3, -0.25) is 0 Å². The van der Waals surface area contributed by atoms with Crippen molar-refractivity contribution in [3.63, 3.8) is 0 Å². The molecule has 0 aliphatic carbocycles. The van der Waals surface area contributed by atoms with E-state index in [4.69, 9.17) is 0 Å². The van der Waals surface area contributed by atoms with Crippen molar-refractivity contribution >= 4 is 6.08 Å². The van der Waals surface area contributed by atoms with Crippen LogP contribution in [-0.2, 0) is 5.60 Å². The van der Waals surface area contributed by atoms with Crippen LogP contribution in [0.1, 0.15) is 11.1 Å².